The molecule has 1 aliphatic heterocycles. The van der Waals surface area contributed by atoms with Crippen LogP contribution >= 0.6 is 0 Å². The molecule has 0 radical (unpaired) electrons. The first-order valence-electron chi connectivity index (χ1n) is 9.37. The Balaban J connectivity index is 1.52. The normalized spacial score (nSPS) is 28.0. The largest absolute Gasteiger partial charge is 0.347 e. The SMILES string of the molecule is Cc1ccc(S(=O)(=O)OCC23CCCC=C2CC2(CC3)OCCO2)cc1. The molecule has 1 unspecified atom stereocenters. The second-order valence-corrected chi connectivity index (χ2v) is 9.33. The van der Waals surface area contributed by atoms with E-state index in [-0.39, 0.29) is 16.9 Å². The van der Waals surface area contributed by atoms with Crippen LogP contribution in [0.25, 0.3) is 0 Å². The van der Waals surface area contributed by atoms with Gasteiger partial charge in [-0.3, -0.25) is 4.18 Å². The number of hydrogen-bond acceptors (Lipinski definition) is 5. The molecule has 1 saturated carbocycles. The first kappa shape index (κ1) is 18.2. The molecule has 0 aromatic heterocycles. The van der Waals surface area contributed by atoms with Crippen molar-refractivity contribution >= 4 is 10.1 Å². The summed E-state index contributed by atoms with van der Waals surface area (Å²) in [6.45, 7) is 3.41. The van der Waals surface area contributed by atoms with Gasteiger partial charge in [0.2, 0.25) is 0 Å². The van der Waals surface area contributed by atoms with Crippen LogP contribution in [0.3, 0.4) is 0 Å². The lowest BCUT2D eigenvalue weighted by Gasteiger charge is -2.47. The molecule has 6 heteroatoms. The number of allylic oxidation sites excluding steroid dienone is 1. The Labute approximate surface area is 155 Å². The number of ether oxygens (including phenoxy) is 2. The summed E-state index contributed by atoms with van der Waals surface area (Å²) < 4.78 is 42.5. The van der Waals surface area contributed by atoms with Crippen LogP contribution < -0.4 is 0 Å². The van der Waals surface area contributed by atoms with E-state index in [1.54, 1.807) is 24.3 Å². The highest BCUT2D eigenvalue weighted by atomic mass is 32.2. The Hall–Kier alpha value is -1.21. The summed E-state index contributed by atoms with van der Waals surface area (Å²) in [6.07, 6.45) is 7.64. The summed E-state index contributed by atoms with van der Waals surface area (Å²) in [5.74, 6) is -0.498. The van der Waals surface area contributed by atoms with Crippen LogP contribution in [0.5, 0.6) is 0 Å². The van der Waals surface area contributed by atoms with Gasteiger partial charge in [-0.2, -0.15) is 8.42 Å². The minimum absolute atomic E-state index is 0.200. The Morgan fingerprint density at radius 2 is 1.81 bits per heavy atom. The van der Waals surface area contributed by atoms with Crippen LogP contribution in [0.1, 0.15) is 44.1 Å². The van der Waals surface area contributed by atoms with E-state index in [1.807, 2.05) is 6.92 Å². The molecule has 5 nitrogen and oxygen atoms in total. The Kier molecular flexibility index (Phi) is 4.72. The fraction of sp³-hybridized carbons (Fsp3) is 0.600. The highest BCUT2D eigenvalue weighted by Crippen LogP contribution is 2.53. The zero-order valence-corrected chi connectivity index (χ0v) is 16.0. The third-order valence-electron chi connectivity index (χ3n) is 5.99. The van der Waals surface area contributed by atoms with Crippen molar-refractivity contribution in [2.24, 2.45) is 5.41 Å². The van der Waals surface area contributed by atoms with Gasteiger partial charge < -0.3 is 9.47 Å². The fourth-order valence-electron chi connectivity index (χ4n) is 4.39. The van der Waals surface area contributed by atoms with Crippen LogP contribution in [0.15, 0.2) is 40.8 Å². The van der Waals surface area contributed by atoms with Crippen LogP contribution in [0, 0.1) is 12.3 Å². The third kappa shape index (κ3) is 3.36. The van der Waals surface area contributed by atoms with E-state index in [0.717, 1.165) is 44.1 Å². The van der Waals surface area contributed by atoms with Crippen molar-refractivity contribution in [1.82, 2.24) is 0 Å². The molecule has 1 aromatic carbocycles. The average Bonchev–Trinajstić information content (AvgIpc) is 3.09. The Bertz CT molecular complexity index is 790. The molecule has 26 heavy (non-hydrogen) atoms. The van der Waals surface area contributed by atoms with Crippen LogP contribution in [-0.4, -0.2) is 34.0 Å². The summed E-state index contributed by atoms with van der Waals surface area (Å²) in [7, 11) is -3.75. The van der Waals surface area contributed by atoms with E-state index >= 15 is 0 Å². The predicted octanol–water partition coefficient (Wildman–Crippen LogP) is 3.72. The van der Waals surface area contributed by atoms with E-state index in [9.17, 15) is 8.42 Å². The maximum atomic E-state index is 12.6. The topological polar surface area (TPSA) is 61.8 Å². The molecule has 3 aliphatic rings. The molecule has 0 amide bonds. The van der Waals surface area contributed by atoms with Crippen molar-refractivity contribution in [3.63, 3.8) is 0 Å². The first-order valence-corrected chi connectivity index (χ1v) is 10.8. The summed E-state index contributed by atoms with van der Waals surface area (Å²) in [5, 5.41) is 0. The number of rotatable bonds is 4. The van der Waals surface area contributed by atoms with Crippen molar-refractivity contribution in [2.45, 2.75) is 56.1 Å². The van der Waals surface area contributed by atoms with Gasteiger partial charge in [0.15, 0.2) is 5.79 Å². The zero-order chi connectivity index (χ0) is 18.3. The number of benzene rings is 1. The molecular formula is C20H26O5S. The molecule has 1 heterocycles. The van der Waals surface area contributed by atoms with Gasteiger partial charge in [0.25, 0.3) is 10.1 Å². The summed E-state index contributed by atoms with van der Waals surface area (Å²) in [4.78, 5) is 0.218. The van der Waals surface area contributed by atoms with Crippen molar-refractivity contribution in [3.05, 3.63) is 41.5 Å². The van der Waals surface area contributed by atoms with Gasteiger partial charge in [0, 0.05) is 18.3 Å². The highest BCUT2D eigenvalue weighted by molar-refractivity contribution is 7.86. The van der Waals surface area contributed by atoms with Crippen molar-refractivity contribution in [2.75, 3.05) is 19.8 Å². The second-order valence-electron chi connectivity index (χ2n) is 7.72. The summed E-state index contributed by atoms with van der Waals surface area (Å²) >= 11 is 0. The molecular weight excluding hydrogens is 352 g/mol. The quantitative estimate of drug-likeness (QED) is 0.590. The van der Waals surface area contributed by atoms with E-state index in [4.69, 9.17) is 13.7 Å². The minimum Gasteiger partial charge on any atom is -0.347 e. The van der Waals surface area contributed by atoms with Gasteiger partial charge in [-0.1, -0.05) is 29.3 Å². The molecule has 0 N–H and O–H groups in total. The lowest BCUT2D eigenvalue weighted by molar-refractivity contribution is -0.180. The Morgan fingerprint density at radius 1 is 1.08 bits per heavy atom. The van der Waals surface area contributed by atoms with Crippen LogP contribution in [0.4, 0.5) is 0 Å². The number of fused-ring (bicyclic) bond motifs is 1. The molecule has 2 fully saturated rings. The van der Waals surface area contributed by atoms with E-state index in [1.165, 1.54) is 5.57 Å². The maximum Gasteiger partial charge on any atom is 0.297 e. The third-order valence-corrected chi connectivity index (χ3v) is 7.27. The van der Waals surface area contributed by atoms with Gasteiger partial charge in [0.1, 0.15) is 0 Å². The molecule has 142 valence electrons. The van der Waals surface area contributed by atoms with Crippen LogP contribution in [-0.2, 0) is 23.8 Å². The van der Waals surface area contributed by atoms with E-state index in [2.05, 4.69) is 6.08 Å². The fourth-order valence-corrected chi connectivity index (χ4v) is 5.38. The van der Waals surface area contributed by atoms with E-state index < -0.39 is 15.9 Å². The second kappa shape index (κ2) is 6.75. The van der Waals surface area contributed by atoms with Gasteiger partial charge in [-0.25, -0.2) is 0 Å². The molecule has 0 bridgehead atoms. The molecule has 2 aliphatic carbocycles. The summed E-state index contributed by atoms with van der Waals surface area (Å²) in [5.41, 5.74) is 2.06. The van der Waals surface area contributed by atoms with Crippen molar-refractivity contribution < 1.29 is 22.1 Å². The van der Waals surface area contributed by atoms with Gasteiger partial charge in [-0.05, 0) is 44.7 Å². The molecule has 1 aromatic rings. The number of hydrogen-bond donors (Lipinski definition) is 0. The smallest absolute Gasteiger partial charge is 0.297 e. The molecule has 1 atom stereocenters. The lowest BCUT2D eigenvalue weighted by Crippen LogP contribution is -2.45. The Morgan fingerprint density at radius 3 is 2.54 bits per heavy atom. The molecule has 1 spiro atoms. The summed E-state index contributed by atoms with van der Waals surface area (Å²) in [6, 6.07) is 6.80. The zero-order valence-electron chi connectivity index (χ0n) is 15.2. The average molecular weight is 378 g/mol. The minimum atomic E-state index is -3.75. The highest BCUT2D eigenvalue weighted by Gasteiger charge is 2.50. The van der Waals surface area contributed by atoms with Crippen molar-refractivity contribution in [3.8, 4) is 0 Å². The number of aryl methyl sites for hydroxylation is 1. The molecule has 4 rings (SSSR count). The van der Waals surface area contributed by atoms with Gasteiger partial charge in [-0.15, -0.1) is 0 Å². The lowest BCUT2D eigenvalue weighted by atomic mass is 9.64. The monoisotopic (exact) mass is 378 g/mol. The molecule has 1 saturated heterocycles. The van der Waals surface area contributed by atoms with E-state index in [0.29, 0.717) is 13.2 Å². The standard InChI is InChI=1S/C20H26O5S/c1-16-5-7-18(8-6-16)26(21,22)25-15-19-9-3-2-4-17(19)14-20(11-10-19)23-12-13-24-20/h4-8H,2-3,9-15H2,1H3. The predicted molar refractivity (Wildman–Crippen MR) is 97.2 cm³/mol. The first-order chi connectivity index (χ1) is 12.4. The van der Waals surface area contributed by atoms with Crippen molar-refractivity contribution in [1.29, 1.82) is 0 Å². The van der Waals surface area contributed by atoms with Crippen LogP contribution in [0.2, 0.25) is 0 Å². The van der Waals surface area contributed by atoms with Gasteiger partial charge >= 0.3 is 0 Å². The van der Waals surface area contributed by atoms with Gasteiger partial charge in [0.05, 0.1) is 24.7 Å². The maximum absolute atomic E-state index is 12.6.